The van der Waals surface area contributed by atoms with Crippen molar-refractivity contribution in [3.05, 3.63) is 28.8 Å². The predicted octanol–water partition coefficient (Wildman–Crippen LogP) is 1.07. The number of carboxylic acids is 1. The van der Waals surface area contributed by atoms with Crippen LogP contribution in [0, 0.1) is 0 Å². The summed E-state index contributed by atoms with van der Waals surface area (Å²) in [7, 11) is -3.76. The Kier molecular flexibility index (Phi) is 7.72. The summed E-state index contributed by atoms with van der Waals surface area (Å²) in [5.74, 6) is -1.27. The van der Waals surface area contributed by atoms with Crippen LogP contribution in [0.4, 0.5) is 0 Å². The fraction of sp³-hybridized carbons (Fsp3) is 0.462. The van der Waals surface area contributed by atoms with Gasteiger partial charge in [-0.25, -0.2) is 17.9 Å². The molecule has 0 spiro atoms. The Hall–Kier alpha value is -0.900. The zero-order chi connectivity index (χ0) is 16.2. The SMILES string of the molecule is Cl.O=C(O)c1cc(S(=O)(=O)NCCN2CCOCC2)ccc1Cl. The second kappa shape index (κ2) is 8.81. The summed E-state index contributed by atoms with van der Waals surface area (Å²) >= 11 is 5.73. The van der Waals surface area contributed by atoms with E-state index < -0.39 is 16.0 Å². The van der Waals surface area contributed by atoms with Gasteiger partial charge in [0.1, 0.15) is 0 Å². The first-order valence-corrected chi connectivity index (χ1v) is 8.59. The summed E-state index contributed by atoms with van der Waals surface area (Å²) in [5.41, 5.74) is -0.238. The van der Waals surface area contributed by atoms with Crippen molar-refractivity contribution in [2.75, 3.05) is 39.4 Å². The highest BCUT2D eigenvalue weighted by Crippen LogP contribution is 2.20. The summed E-state index contributed by atoms with van der Waals surface area (Å²) < 4.78 is 32.0. The molecule has 2 rings (SSSR count). The zero-order valence-corrected chi connectivity index (χ0v) is 14.6. The van der Waals surface area contributed by atoms with Crippen molar-refractivity contribution in [2.24, 2.45) is 0 Å². The number of aromatic carboxylic acids is 1. The van der Waals surface area contributed by atoms with E-state index in [2.05, 4.69) is 9.62 Å². The van der Waals surface area contributed by atoms with Crippen molar-refractivity contribution in [1.82, 2.24) is 9.62 Å². The fourth-order valence-corrected chi connectivity index (χ4v) is 3.33. The Morgan fingerprint density at radius 1 is 1.35 bits per heavy atom. The molecule has 1 aromatic carbocycles. The number of carboxylic acid groups (broad SMARTS) is 1. The van der Waals surface area contributed by atoms with Crippen molar-refractivity contribution < 1.29 is 23.1 Å². The maximum Gasteiger partial charge on any atom is 0.337 e. The van der Waals surface area contributed by atoms with Crippen LogP contribution in [-0.2, 0) is 14.8 Å². The molecule has 7 nitrogen and oxygen atoms in total. The third-order valence-electron chi connectivity index (χ3n) is 3.30. The molecule has 1 saturated heterocycles. The van der Waals surface area contributed by atoms with Gasteiger partial charge in [-0.2, -0.15) is 0 Å². The predicted molar refractivity (Wildman–Crippen MR) is 88.1 cm³/mol. The van der Waals surface area contributed by atoms with Gasteiger partial charge in [0.2, 0.25) is 10.0 Å². The van der Waals surface area contributed by atoms with Crippen molar-refractivity contribution in [2.45, 2.75) is 4.90 Å². The Balaban J connectivity index is 0.00000264. The lowest BCUT2D eigenvalue weighted by Gasteiger charge is -2.26. The average Bonchev–Trinajstić information content (AvgIpc) is 2.48. The molecule has 0 unspecified atom stereocenters. The number of rotatable bonds is 6. The number of ether oxygens (including phenoxy) is 1. The summed E-state index contributed by atoms with van der Waals surface area (Å²) in [4.78, 5) is 13.0. The van der Waals surface area contributed by atoms with Crippen molar-refractivity contribution >= 4 is 40.0 Å². The van der Waals surface area contributed by atoms with Gasteiger partial charge < -0.3 is 9.84 Å². The number of hydrogen-bond acceptors (Lipinski definition) is 5. The highest BCUT2D eigenvalue weighted by molar-refractivity contribution is 7.89. The molecule has 0 amide bonds. The van der Waals surface area contributed by atoms with Gasteiger partial charge in [0.25, 0.3) is 0 Å². The molecule has 10 heteroatoms. The molecular formula is C13H18Cl2N2O5S. The first-order valence-electron chi connectivity index (χ1n) is 6.73. The lowest BCUT2D eigenvalue weighted by Crippen LogP contribution is -2.41. The van der Waals surface area contributed by atoms with E-state index in [0.717, 1.165) is 19.2 Å². The molecule has 1 fully saturated rings. The Bertz CT molecular complexity index is 648. The van der Waals surface area contributed by atoms with Gasteiger partial charge >= 0.3 is 5.97 Å². The van der Waals surface area contributed by atoms with Crippen molar-refractivity contribution in [1.29, 1.82) is 0 Å². The van der Waals surface area contributed by atoms with Gasteiger partial charge in [-0.3, -0.25) is 4.90 Å². The van der Waals surface area contributed by atoms with Crippen LogP contribution in [0.25, 0.3) is 0 Å². The van der Waals surface area contributed by atoms with Crippen LogP contribution in [0.1, 0.15) is 10.4 Å². The second-order valence-corrected chi connectivity index (χ2v) is 6.97. The Labute approximate surface area is 146 Å². The van der Waals surface area contributed by atoms with Crippen LogP contribution < -0.4 is 4.72 Å². The van der Waals surface area contributed by atoms with E-state index >= 15 is 0 Å². The molecule has 0 radical (unpaired) electrons. The first kappa shape index (κ1) is 20.1. The number of morpholine rings is 1. The minimum Gasteiger partial charge on any atom is -0.478 e. The van der Waals surface area contributed by atoms with Gasteiger partial charge in [-0.1, -0.05) is 11.6 Å². The van der Waals surface area contributed by atoms with E-state index in [1.165, 1.54) is 12.1 Å². The fourth-order valence-electron chi connectivity index (χ4n) is 2.08. The molecule has 1 aromatic rings. The van der Waals surface area contributed by atoms with Crippen LogP contribution in [0.2, 0.25) is 5.02 Å². The quantitative estimate of drug-likeness (QED) is 0.761. The van der Waals surface area contributed by atoms with E-state index in [0.29, 0.717) is 19.8 Å². The normalized spacial score (nSPS) is 15.9. The molecule has 0 saturated carbocycles. The average molecular weight is 385 g/mol. The molecule has 1 aliphatic rings. The molecule has 23 heavy (non-hydrogen) atoms. The summed E-state index contributed by atoms with van der Waals surface area (Å²) in [6.45, 7) is 3.64. The zero-order valence-electron chi connectivity index (χ0n) is 12.2. The molecule has 0 aliphatic carbocycles. The first-order chi connectivity index (χ1) is 10.4. The number of sulfonamides is 1. The Morgan fingerprint density at radius 3 is 2.61 bits per heavy atom. The number of halogens is 2. The van der Waals surface area contributed by atoms with Gasteiger partial charge in [-0.05, 0) is 18.2 Å². The van der Waals surface area contributed by atoms with Crippen LogP contribution in [-0.4, -0.2) is 63.8 Å². The van der Waals surface area contributed by atoms with Crippen LogP contribution in [0.5, 0.6) is 0 Å². The molecule has 0 atom stereocenters. The van der Waals surface area contributed by atoms with E-state index in [-0.39, 0.29) is 34.4 Å². The smallest absolute Gasteiger partial charge is 0.337 e. The minimum atomic E-state index is -3.76. The maximum atomic E-state index is 12.2. The topological polar surface area (TPSA) is 95.9 Å². The van der Waals surface area contributed by atoms with E-state index in [1.807, 2.05) is 0 Å². The summed E-state index contributed by atoms with van der Waals surface area (Å²) in [6, 6.07) is 3.61. The van der Waals surface area contributed by atoms with E-state index in [9.17, 15) is 13.2 Å². The maximum absolute atomic E-state index is 12.2. The number of hydrogen-bond donors (Lipinski definition) is 2. The van der Waals surface area contributed by atoms with Crippen LogP contribution >= 0.6 is 24.0 Å². The van der Waals surface area contributed by atoms with Crippen LogP contribution in [0.15, 0.2) is 23.1 Å². The van der Waals surface area contributed by atoms with Gasteiger partial charge in [0.05, 0.1) is 28.7 Å². The molecular weight excluding hydrogens is 367 g/mol. The molecule has 1 heterocycles. The van der Waals surface area contributed by atoms with E-state index in [4.69, 9.17) is 21.4 Å². The Morgan fingerprint density at radius 2 is 2.00 bits per heavy atom. The lowest BCUT2D eigenvalue weighted by molar-refractivity contribution is 0.0390. The number of nitrogens with one attached hydrogen (secondary N) is 1. The standard InChI is InChI=1S/C13H17ClN2O5S.ClH/c14-12-2-1-10(9-11(12)13(17)18)22(19,20)15-3-4-16-5-7-21-8-6-16;/h1-2,9,15H,3-8H2,(H,17,18);1H. The third-order valence-corrected chi connectivity index (χ3v) is 5.09. The summed E-state index contributed by atoms with van der Waals surface area (Å²) in [6.07, 6.45) is 0. The largest absolute Gasteiger partial charge is 0.478 e. The second-order valence-electron chi connectivity index (χ2n) is 4.80. The molecule has 0 bridgehead atoms. The summed E-state index contributed by atoms with van der Waals surface area (Å²) in [5, 5.41) is 8.98. The molecule has 0 aromatic heterocycles. The number of carbonyl (C=O) groups is 1. The van der Waals surface area contributed by atoms with Crippen molar-refractivity contribution in [3.63, 3.8) is 0 Å². The van der Waals surface area contributed by atoms with Gasteiger partial charge in [0.15, 0.2) is 0 Å². The third kappa shape index (κ3) is 5.59. The highest BCUT2D eigenvalue weighted by atomic mass is 35.5. The molecule has 2 N–H and O–H groups in total. The highest BCUT2D eigenvalue weighted by Gasteiger charge is 2.19. The number of nitrogens with zero attached hydrogens (tertiary/aromatic N) is 1. The molecule has 1 aliphatic heterocycles. The lowest BCUT2D eigenvalue weighted by atomic mass is 10.2. The van der Waals surface area contributed by atoms with Crippen LogP contribution in [0.3, 0.4) is 0 Å². The van der Waals surface area contributed by atoms with E-state index in [1.54, 1.807) is 0 Å². The monoisotopic (exact) mass is 384 g/mol. The van der Waals surface area contributed by atoms with Gasteiger partial charge in [-0.15, -0.1) is 12.4 Å². The molecule has 130 valence electrons. The minimum absolute atomic E-state index is 0. The number of benzene rings is 1. The van der Waals surface area contributed by atoms with Gasteiger partial charge in [0, 0.05) is 26.2 Å². The van der Waals surface area contributed by atoms with Crippen molar-refractivity contribution in [3.8, 4) is 0 Å².